The summed E-state index contributed by atoms with van der Waals surface area (Å²) in [5, 5.41) is 9.54. The van der Waals surface area contributed by atoms with Gasteiger partial charge in [-0.2, -0.15) is 0 Å². The molecule has 0 aromatic heterocycles. The van der Waals surface area contributed by atoms with Crippen LogP contribution in [0.4, 0.5) is 0 Å². The fourth-order valence-electron chi connectivity index (χ4n) is 2.32. The highest BCUT2D eigenvalue weighted by atomic mass is 127. The molecule has 0 heterocycles. The van der Waals surface area contributed by atoms with Crippen molar-refractivity contribution in [2.75, 3.05) is 26.8 Å². The van der Waals surface area contributed by atoms with Gasteiger partial charge in [-0.05, 0) is 43.9 Å². The maximum Gasteiger partial charge on any atom is 0.251 e. The molecule has 7 heteroatoms. The highest BCUT2D eigenvalue weighted by Crippen LogP contribution is 2.05. The molecule has 0 saturated heterocycles. The fraction of sp³-hybridized carbons (Fsp3) is 0.619. The zero-order valence-corrected chi connectivity index (χ0v) is 20.0. The van der Waals surface area contributed by atoms with E-state index >= 15 is 0 Å². The van der Waals surface area contributed by atoms with Crippen molar-refractivity contribution in [3.8, 4) is 0 Å². The lowest BCUT2D eigenvalue weighted by molar-refractivity contribution is 0.0939. The molecule has 1 amide bonds. The van der Waals surface area contributed by atoms with Crippen LogP contribution in [0.3, 0.4) is 0 Å². The molecule has 28 heavy (non-hydrogen) atoms. The Morgan fingerprint density at radius 3 is 2.39 bits per heavy atom. The number of amides is 1. The van der Waals surface area contributed by atoms with Crippen LogP contribution in [-0.4, -0.2) is 44.7 Å². The Labute approximate surface area is 187 Å². The van der Waals surface area contributed by atoms with Gasteiger partial charge >= 0.3 is 0 Å². The standard InChI is InChI=1S/C21H36N4O2.HI/c1-5-7-14-27-15-8-13-23-21(22-4)24-16-18-9-11-19(12-10-18)20(26)25-17(3)6-2;/h9-12,17H,5-8,13-16H2,1-4H3,(H,25,26)(H2,22,23,24);1H. The van der Waals surface area contributed by atoms with Gasteiger partial charge in [-0.3, -0.25) is 9.79 Å². The summed E-state index contributed by atoms with van der Waals surface area (Å²) in [6.45, 7) is 9.31. The molecule has 160 valence electrons. The smallest absolute Gasteiger partial charge is 0.251 e. The third kappa shape index (κ3) is 11.5. The van der Waals surface area contributed by atoms with E-state index < -0.39 is 0 Å². The number of carbonyl (C=O) groups is 1. The van der Waals surface area contributed by atoms with Crippen LogP contribution >= 0.6 is 24.0 Å². The number of hydrogen-bond acceptors (Lipinski definition) is 3. The minimum Gasteiger partial charge on any atom is -0.381 e. The van der Waals surface area contributed by atoms with Gasteiger partial charge in [-0.15, -0.1) is 24.0 Å². The zero-order valence-electron chi connectivity index (χ0n) is 17.7. The molecule has 0 aliphatic rings. The molecule has 1 aromatic rings. The number of benzene rings is 1. The molecule has 0 fully saturated rings. The first-order valence-corrected chi connectivity index (χ1v) is 10.0. The van der Waals surface area contributed by atoms with Crippen molar-refractivity contribution in [1.82, 2.24) is 16.0 Å². The monoisotopic (exact) mass is 504 g/mol. The summed E-state index contributed by atoms with van der Waals surface area (Å²) in [4.78, 5) is 16.3. The van der Waals surface area contributed by atoms with Crippen molar-refractivity contribution in [3.63, 3.8) is 0 Å². The lowest BCUT2D eigenvalue weighted by Gasteiger charge is -2.13. The van der Waals surface area contributed by atoms with Crippen molar-refractivity contribution >= 4 is 35.8 Å². The van der Waals surface area contributed by atoms with E-state index in [1.807, 2.05) is 31.2 Å². The van der Waals surface area contributed by atoms with Crippen LogP contribution in [0.1, 0.15) is 62.4 Å². The molecule has 1 rings (SSSR count). The second-order valence-corrected chi connectivity index (χ2v) is 6.65. The maximum absolute atomic E-state index is 12.1. The van der Waals surface area contributed by atoms with E-state index in [1.54, 1.807) is 7.05 Å². The zero-order chi connectivity index (χ0) is 19.9. The number of halogens is 1. The van der Waals surface area contributed by atoms with Crippen molar-refractivity contribution in [2.45, 2.75) is 59.0 Å². The van der Waals surface area contributed by atoms with Gasteiger partial charge < -0.3 is 20.7 Å². The second kappa shape index (κ2) is 16.6. The Hall–Kier alpha value is -1.35. The quantitative estimate of drug-likeness (QED) is 0.176. The summed E-state index contributed by atoms with van der Waals surface area (Å²) in [6.07, 6.45) is 4.15. The average molecular weight is 504 g/mol. The molecule has 0 bridgehead atoms. The molecule has 1 atom stereocenters. The Bertz CT molecular complexity index is 564. The van der Waals surface area contributed by atoms with Gasteiger partial charge in [-0.1, -0.05) is 32.4 Å². The number of carbonyl (C=O) groups excluding carboxylic acids is 1. The number of nitrogens with one attached hydrogen (secondary N) is 3. The summed E-state index contributed by atoms with van der Waals surface area (Å²) < 4.78 is 5.55. The minimum atomic E-state index is -0.0255. The van der Waals surface area contributed by atoms with Crippen LogP contribution in [0, 0.1) is 0 Å². The molecular weight excluding hydrogens is 467 g/mol. The molecule has 0 radical (unpaired) electrons. The second-order valence-electron chi connectivity index (χ2n) is 6.65. The molecule has 1 aromatic carbocycles. The highest BCUT2D eigenvalue weighted by molar-refractivity contribution is 14.0. The van der Waals surface area contributed by atoms with Crippen molar-refractivity contribution in [2.24, 2.45) is 4.99 Å². The van der Waals surface area contributed by atoms with Crippen molar-refractivity contribution in [3.05, 3.63) is 35.4 Å². The van der Waals surface area contributed by atoms with Gasteiger partial charge in [0.1, 0.15) is 0 Å². The van der Waals surface area contributed by atoms with Crippen LogP contribution in [0.5, 0.6) is 0 Å². The molecule has 0 saturated carbocycles. The van der Waals surface area contributed by atoms with Crippen LogP contribution in [0.25, 0.3) is 0 Å². The van der Waals surface area contributed by atoms with Crippen LogP contribution in [-0.2, 0) is 11.3 Å². The first-order valence-electron chi connectivity index (χ1n) is 10.0. The Morgan fingerprint density at radius 2 is 1.79 bits per heavy atom. The van der Waals surface area contributed by atoms with Gasteiger partial charge in [0.15, 0.2) is 5.96 Å². The van der Waals surface area contributed by atoms with E-state index in [1.165, 1.54) is 6.42 Å². The summed E-state index contributed by atoms with van der Waals surface area (Å²) in [7, 11) is 1.76. The molecule has 6 nitrogen and oxygen atoms in total. The largest absolute Gasteiger partial charge is 0.381 e. The molecular formula is C21H37IN4O2. The predicted octanol–water partition coefficient (Wildman–Crippen LogP) is 3.70. The predicted molar refractivity (Wildman–Crippen MR) is 128 cm³/mol. The van der Waals surface area contributed by atoms with Gasteiger partial charge in [-0.25, -0.2) is 0 Å². The number of ether oxygens (including phenoxy) is 1. The SMILES string of the molecule is CCCCOCCCNC(=NC)NCc1ccc(C(=O)NC(C)CC)cc1.I. The van der Waals surface area contributed by atoms with Crippen molar-refractivity contribution < 1.29 is 9.53 Å². The topological polar surface area (TPSA) is 74.8 Å². The lowest BCUT2D eigenvalue weighted by atomic mass is 10.1. The van der Waals surface area contributed by atoms with Crippen LogP contribution < -0.4 is 16.0 Å². The van der Waals surface area contributed by atoms with E-state index in [0.29, 0.717) is 12.1 Å². The number of nitrogens with zero attached hydrogens (tertiary/aromatic N) is 1. The first kappa shape index (κ1) is 26.6. The normalized spacial score (nSPS) is 12.1. The first-order chi connectivity index (χ1) is 13.1. The van der Waals surface area contributed by atoms with E-state index in [9.17, 15) is 4.79 Å². The Kier molecular flexibility index (Phi) is 15.8. The van der Waals surface area contributed by atoms with Crippen molar-refractivity contribution in [1.29, 1.82) is 0 Å². The number of rotatable bonds is 12. The molecule has 3 N–H and O–H groups in total. The molecule has 0 aliphatic heterocycles. The number of hydrogen-bond donors (Lipinski definition) is 3. The fourth-order valence-corrected chi connectivity index (χ4v) is 2.32. The maximum atomic E-state index is 12.1. The molecule has 1 unspecified atom stereocenters. The lowest BCUT2D eigenvalue weighted by Crippen LogP contribution is -2.37. The van der Waals surface area contributed by atoms with E-state index in [2.05, 4.69) is 34.8 Å². The van der Waals surface area contributed by atoms with E-state index in [-0.39, 0.29) is 35.9 Å². The number of aliphatic imine (C=N–C) groups is 1. The van der Waals surface area contributed by atoms with Gasteiger partial charge in [0.2, 0.25) is 0 Å². The Morgan fingerprint density at radius 1 is 1.11 bits per heavy atom. The average Bonchev–Trinajstić information content (AvgIpc) is 2.69. The summed E-state index contributed by atoms with van der Waals surface area (Å²) >= 11 is 0. The summed E-state index contributed by atoms with van der Waals surface area (Å²) in [5.74, 6) is 0.740. The Balaban J connectivity index is 0.00000729. The van der Waals surface area contributed by atoms with E-state index in [4.69, 9.17) is 4.74 Å². The van der Waals surface area contributed by atoms with Gasteiger partial charge in [0, 0.05) is 45.0 Å². The third-order valence-corrected chi connectivity index (χ3v) is 4.29. The van der Waals surface area contributed by atoms with Gasteiger partial charge in [0.25, 0.3) is 5.91 Å². The van der Waals surface area contributed by atoms with Crippen LogP contribution in [0.2, 0.25) is 0 Å². The van der Waals surface area contributed by atoms with Gasteiger partial charge in [0.05, 0.1) is 0 Å². The minimum absolute atomic E-state index is 0. The number of guanidine groups is 1. The number of unbranched alkanes of at least 4 members (excludes halogenated alkanes) is 1. The molecule has 0 aliphatic carbocycles. The van der Waals surface area contributed by atoms with E-state index in [0.717, 1.165) is 50.5 Å². The summed E-state index contributed by atoms with van der Waals surface area (Å²) in [5.41, 5.74) is 1.78. The van der Waals surface area contributed by atoms with Crippen LogP contribution in [0.15, 0.2) is 29.3 Å². The summed E-state index contributed by atoms with van der Waals surface area (Å²) in [6, 6.07) is 7.84. The highest BCUT2D eigenvalue weighted by Gasteiger charge is 2.08. The molecule has 0 spiro atoms. The third-order valence-electron chi connectivity index (χ3n) is 4.29.